The first-order chi connectivity index (χ1) is 9.25. The molecule has 112 valence electrons. The van der Waals surface area contributed by atoms with Gasteiger partial charge in [-0.25, -0.2) is 8.42 Å². The largest absolute Gasteiger partial charge is 0.443 e. The molecule has 2 atom stereocenters. The predicted octanol–water partition coefficient (Wildman–Crippen LogP) is 3.37. The predicted molar refractivity (Wildman–Crippen MR) is 78.4 cm³/mol. The molecule has 1 amide bonds. The van der Waals surface area contributed by atoms with Gasteiger partial charge in [-0.3, -0.25) is 4.79 Å². The Labute approximate surface area is 130 Å². The summed E-state index contributed by atoms with van der Waals surface area (Å²) in [6.45, 7) is 4.00. The third kappa shape index (κ3) is 2.89. The van der Waals surface area contributed by atoms with Crippen molar-refractivity contribution < 1.29 is 17.6 Å². The van der Waals surface area contributed by atoms with Crippen LogP contribution >= 0.6 is 26.6 Å². The fourth-order valence-corrected chi connectivity index (χ4v) is 4.62. The second-order valence-corrected chi connectivity index (χ2v) is 8.14. The number of carbonyl (C=O) groups excluding carboxylic acids is 1. The highest BCUT2D eigenvalue weighted by molar-refractivity contribution is 9.10. The van der Waals surface area contributed by atoms with Gasteiger partial charge in [-0.1, -0.05) is 6.92 Å². The summed E-state index contributed by atoms with van der Waals surface area (Å²) in [5, 5.41) is 0. The minimum absolute atomic E-state index is 0.0108. The SMILES string of the molecule is CCC1CCC(C)N1C(=O)c1cc(S(=O)(=O)Cl)c(Br)o1. The Morgan fingerprint density at radius 2 is 2.20 bits per heavy atom. The van der Waals surface area contributed by atoms with E-state index in [9.17, 15) is 13.2 Å². The number of hydrogen-bond donors (Lipinski definition) is 0. The van der Waals surface area contributed by atoms with Crippen molar-refractivity contribution in [1.29, 1.82) is 0 Å². The van der Waals surface area contributed by atoms with Gasteiger partial charge in [-0.05, 0) is 42.1 Å². The number of nitrogens with zero attached hydrogens (tertiary/aromatic N) is 1. The molecule has 8 heteroatoms. The number of likely N-dealkylation sites (tertiary alicyclic amines) is 1. The van der Waals surface area contributed by atoms with Crippen LogP contribution in [0.3, 0.4) is 0 Å². The van der Waals surface area contributed by atoms with Crippen LogP contribution in [0.1, 0.15) is 43.7 Å². The van der Waals surface area contributed by atoms with E-state index in [2.05, 4.69) is 15.9 Å². The normalized spacial score (nSPS) is 23.3. The Bertz CT molecular complexity index is 627. The number of halogens is 2. The van der Waals surface area contributed by atoms with Gasteiger partial charge in [0.2, 0.25) is 0 Å². The zero-order chi connectivity index (χ0) is 15.1. The van der Waals surface area contributed by atoms with Gasteiger partial charge in [0.05, 0.1) is 0 Å². The molecule has 1 aliphatic rings. The lowest BCUT2D eigenvalue weighted by Crippen LogP contribution is -2.39. The molecule has 1 aromatic heterocycles. The van der Waals surface area contributed by atoms with Crippen molar-refractivity contribution in [3.05, 3.63) is 16.5 Å². The summed E-state index contributed by atoms with van der Waals surface area (Å²) >= 11 is 2.98. The van der Waals surface area contributed by atoms with Gasteiger partial charge in [-0.2, -0.15) is 0 Å². The van der Waals surface area contributed by atoms with Gasteiger partial charge in [0.1, 0.15) is 4.90 Å². The average Bonchev–Trinajstić information content (AvgIpc) is 2.91. The van der Waals surface area contributed by atoms with Crippen LogP contribution in [0.25, 0.3) is 0 Å². The maximum absolute atomic E-state index is 12.5. The van der Waals surface area contributed by atoms with E-state index >= 15 is 0 Å². The monoisotopic (exact) mass is 383 g/mol. The van der Waals surface area contributed by atoms with Crippen molar-refractivity contribution in [1.82, 2.24) is 4.90 Å². The van der Waals surface area contributed by atoms with Gasteiger partial charge in [0, 0.05) is 28.8 Å². The summed E-state index contributed by atoms with van der Waals surface area (Å²) in [6.07, 6.45) is 2.75. The molecular formula is C12H15BrClNO4S. The molecule has 2 unspecified atom stereocenters. The molecule has 2 heterocycles. The minimum atomic E-state index is -3.94. The van der Waals surface area contributed by atoms with Crippen LogP contribution in [0, 0.1) is 0 Å². The molecule has 5 nitrogen and oxygen atoms in total. The fourth-order valence-electron chi connectivity index (χ4n) is 2.59. The van der Waals surface area contributed by atoms with Crippen LogP contribution in [0.2, 0.25) is 0 Å². The number of carbonyl (C=O) groups is 1. The van der Waals surface area contributed by atoms with Gasteiger partial charge in [0.25, 0.3) is 15.0 Å². The van der Waals surface area contributed by atoms with Crippen molar-refractivity contribution in [2.75, 3.05) is 0 Å². The molecule has 0 aliphatic carbocycles. The molecule has 1 aromatic rings. The number of amides is 1. The highest BCUT2D eigenvalue weighted by atomic mass is 79.9. The minimum Gasteiger partial charge on any atom is -0.443 e. The molecule has 1 aliphatic heterocycles. The smallest absolute Gasteiger partial charge is 0.290 e. The second kappa shape index (κ2) is 5.69. The van der Waals surface area contributed by atoms with Crippen molar-refractivity contribution in [2.45, 2.75) is 50.1 Å². The molecule has 1 saturated heterocycles. The third-order valence-corrected chi connectivity index (χ3v) is 5.80. The standard InChI is InChI=1S/C12H15BrClNO4S/c1-3-8-5-4-7(2)15(8)12(16)9-6-10(11(13)19-9)20(14,17)18/h6-8H,3-5H2,1-2H3. The summed E-state index contributed by atoms with van der Waals surface area (Å²) in [6, 6.07) is 1.46. The number of furan rings is 1. The molecule has 2 rings (SSSR count). The summed E-state index contributed by atoms with van der Waals surface area (Å²) in [5.74, 6) is -0.308. The molecule has 0 saturated carbocycles. The fraction of sp³-hybridized carbons (Fsp3) is 0.583. The van der Waals surface area contributed by atoms with Crippen molar-refractivity contribution in [2.24, 2.45) is 0 Å². The average molecular weight is 385 g/mol. The van der Waals surface area contributed by atoms with Crippen LogP contribution in [0.15, 0.2) is 20.0 Å². The summed E-state index contributed by atoms with van der Waals surface area (Å²) in [5.41, 5.74) is 0. The van der Waals surface area contributed by atoms with E-state index in [1.54, 1.807) is 4.90 Å². The van der Waals surface area contributed by atoms with Gasteiger partial charge < -0.3 is 9.32 Å². The topological polar surface area (TPSA) is 67.6 Å². The van der Waals surface area contributed by atoms with Crippen LogP contribution in [0.5, 0.6) is 0 Å². The van der Waals surface area contributed by atoms with E-state index in [1.165, 1.54) is 6.07 Å². The van der Waals surface area contributed by atoms with Crippen molar-refractivity contribution in [3.63, 3.8) is 0 Å². The first kappa shape index (κ1) is 15.9. The number of hydrogen-bond acceptors (Lipinski definition) is 4. The van der Waals surface area contributed by atoms with E-state index in [-0.39, 0.29) is 33.3 Å². The molecule has 0 radical (unpaired) electrons. The highest BCUT2D eigenvalue weighted by Crippen LogP contribution is 2.32. The summed E-state index contributed by atoms with van der Waals surface area (Å²) in [7, 11) is 1.34. The Balaban J connectivity index is 2.35. The van der Waals surface area contributed by atoms with Crippen molar-refractivity contribution >= 4 is 41.6 Å². The third-order valence-electron chi connectivity index (χ3n) is 3.62. The zero-order valence-electron chi connectivity index (χ0n) is 11.1. The molecular weight excluding hydrogens is 370 g/mol. The van der Waals surface area contributed by atoms with E-state index < -0.39 is 9.05 Å². The van der Waals surface area contributed by atoms with Crippen LogP contribution in [-0.2, 0) is 9.05 Å². The molecule has 0 aromatic carbocycles. The van der Waals surface area contributed by atoms with Crippen LogP contribution in [-0.4, -0.2) is 31.3 Å². The second-order valence-electron chi connectivity index (χ2n) is 4.89. The quantitative estimate of drug-likeness (QED) is 0.749. The maximum Gasteiger partial charge on any atom is 0.290 e. The summed E-state index contributed by atoms with van der Waals surface area (Å²) < 4.78 is 27.9. The molecule has 0 spiro atoms. The van der Waals surface area contributed by atoms with Crippen molar-refractivity contribution in [3.8, 4) is 0 Å². The van der Waals surface area contributed by atoms with Gasteiger partial charge in [-0.15, -0.1) is 0 Å². The van der Waals surface area contributed by atoms with Crippen LogP contribution < -0.4 is 0 Å². The molecule has 0 N–H and O–H groups in total. The van der Waals surface area contributed by atoms with Gasteiger partial charge >= 0.3 is 0 Å². The Hall–Kier alpha value is -0.530. The number of rotatable bonds is 3. The van der Waals surface area contributed by atoms with E-state index in [1.807, 2.05) is 13.8 Å². The van der Waals surface area contributed by atoms with Gasteiger partial charge in [0.15, 0.2) is 10.4 Å². The Morgan fingerprint density at radius 3 is 2.70 bits per heavy atom. The maximum atomic E-state index is 12.5. The molecule has 20 heavy (non-hydrogen) atoms. The molecule has 0 bridgehead atoms. The lowest BCUT2D eigenvalue weighted by Gasteiger charge is -2.26. The van der Waals surface area contributed by atoms with E-state index in [0.717, 1.165) is 19.3 Å². The van der Waals surface area contributed by atoms with E-state index in [4.69, 9.17) is 15.1 Å². The Kier molecular flexibility index (Phi) is 4.51. The van der Waals surface area contributed by atoms with E-state index in [0.29, 0.717) is 0 Å². The molecule has 1 fully saturated rings. The first-order valence-electron chi connectivity index (χ1n) is 6.32. The summed E-state index contributed by atoms with van der Waals surface area (Å²) in [4.78, 5) is 14.0. The zero-order valence-corrected chi connectivity index (χ0v) is 14.3. The lowest BCUT2D eigenvalue weighted by molar-refractivity contribution is 0.0642. The van der Waals surface area contributed by atoms with Crippen LogP contribution in [0.4, 0.5) is 0 Å². The highest BCUT2D eigenvalue weighted by Gasteiger charge is 2.36. The first-order valence-corrected chi connectivity index (χ1v) is 9.42. The Morgan fingerprint density at radius 1 is 1.55 bits per heavy atom. The lowest BCUT2D eigenvalue weighted by atomic mass is 10.1.